The van der Waals surface area contributed by atoms with Gasteiger partial charge < -0.3 is 5.32 Å². The Morgan fingerprint density at radius 3 is 2.58 bits per heavy atom. The van der Waals surface area contributed by atoms with Gasteiger partial charge in [-0.1, -0.05) is 30.9 Å². The van der Waals surface area contributed by atoms with Crippen molar-refractivity contribution < 1.29 is 4.79 Å². The topological polar surface area (TPSA) is 42.0 Å². The Hall–Kier alpha value is -3.12. The highest BCUT2D eigenvalue weighted by Crippen LogP contribution is 2.24. The summed E-state index contributed by atoms with van der Waals surface area (Å²) in [5.41, 5.74) is 4.63. The summed E-state index contributed by atoms with van der Waals surface area (Å²) >= 11 is 0. The number of nitrogens with zero attached hydrogens (tertiary/aromatic N) is 1. The third-order valence-electron chi connectivity index (χ3n) is 3.78. The van der Waals surface area contributed by atoms with E-state index in [1.807, 2.05) is 36.4 Å². The van der Waals surface area contributed by atoms with Gasteiger partial charge in [-0.05, 0) is 48.4 Å². The number of pyridine rings is 1. The summed E-state index contributed by atoms with van der Waals surface area (Å²) in [7, 11) is 0. The van der Waals surface area contributed by atoms with Crippen molar-refractivity contribution in [1.29, 1.82) is 0 Å². The fourth-order valence-electron chi connectivity index (χ4n) is 2.54. The van der Waals surface area contributed by atoms with Crippen LogP contribution in [0.5, 0.6) is 0 Å². The molecule has 3 aromatic rings. The van der Waals surface area contributed by atoms with Crippen LogP contribution in [0.15, 0.2) is 54.7 Å². The SMILES string of the molecule is CCc1ccc(C#Cc2ccc(NC(C)=O)c3ncccc23)cc1. The normalized spacial score (nSPS) is 10.1. The molecule has 3 rings (SSSR count). The van der Waals surface area contributed by atoms with E-state index in [9.17, 15) is 4.79 Å². The van der Waals surface area contributed by atoms with Crippen LogP contribution in [0.4, 0.5) is 5.69 Å². The smallest absolute Gasteiger partial charge is 0.221 e. The zero-order valence-corrected chi connectivity index (χ0v) is 13.8. The van der Waals surface area contributed by atoms with Crippen molar-refractivity contribution in [3.63, 3.8) is 0 Å². The monoisotopic (exact) mass is 314 g/mol. The number of hydrogen-bond acceptors (Lipinski definition) is 2. The molecule has 0 aliphatic carbocycles. The standard InChI is InChI=1S/C21H18N2O/c1-3-16-6-8-17(9-7-16)10-11-18-12-13-20(23-15(2)24)21-19(18)5-4-14-22-21/h4-9,12-14H,3H2,1-2H3,(H,23,24). The van der Waals surface area contributed by atoms with E-state index in [4.69, 9.17) is 0 Å². The van der Waals surface area contributed by atoms with Crippen LogP contribution < -0.4 is 5.32 Å². The lowest BCUT2D eigenvalue weighted by atomic mass is 10.1. The molecule has 0 saturated heterocycles. The molecule has 3 nitrogen and oxygen atoms in total. The van der Waals surface area contributed by atoms with Gasteiger partial charge in [0.15, 0.2) is 0 Å². The number of amides is 1. The molecule has 0 atom stereocenters. The number of aromatic nitrogens is 1. The largest absolute Gasteiger partial charge is 0.324 e. The molecule has 24 heavy (non-hydrogen) atoms. The van der Waals surface area contributed by atoms with Gasteiger partial charge in [0, 0.05) is 29.6 Å². The maximum atomic E-state index is 11.3. The van der Waals surface area contributed by atoms with E-state index in [0.29, 0.717) is 5.69 Å². The minimum Gasteiger partial charge on any atom is -0.324 e. The van der Waals surface area contributed by atoms with Crippen LogP contribution in [-0.2, 0) is 11.2 Å². The number of fused-ring (bicyclic) bond motifs is 1. The highest BCUT2D eigenvalue weighted by molar-refractivity contribution is 6.01. The van der Waals surface area contributed by atoms with E-state index < -0.39 is 0 Å². The number of carbonyl (C=O) groups is 1. The molecule has 1 heterocycles. The van der Waals surface area contributed by atoms with Gasteiger partial charge in [-0.2, -0.15) is 0 Å². The average molecular weight is 314 g/mol. The maximum absolute atomic E-state index is 11.3. The zero-order valence-electron chi connectivity index (χ0n) is 13.8. The van der Waals surface area contributed by atoms with Crippen molar-refractivity contribution in [2.75, 3.05) is 5.32 Å². The fourth-order valence-corrected chi connectivity index (χ4v) is 2.54. The summed E-state index contributed by atoms with van der Waals surface area (Å²) in [5, 5.41) is 3.74. The van der Waals surface area contributed by atoms with Crippen LogP contribution in [0, 0.1) is 11.8 Å². The highest BCUT2D eigenvalue weighted by atomic mass is 16.1. The zero-order chi connectivity index (χ0) is 16.9. The molecule has 0 aliphatic heterocycles. The number of carbonyl (C=O) groups excluding carboxylic acids is 1. The molecule has 2 aromatic carbocycles. The van der Waals surface area contributed by atoms with Crippen LogP contribution in [0.3, 0.4) is 0 Å². The Morgan fingerprint density at radius 2 is 1.88 bits per heavy atom. The van der Waals surface area contributed by atoms with E-state index in [1.165, 1.54) is 12.5 Å². The van der Waals surface area contributed by atoms with Gasteiger partial charge in [0.25, 0.3) is 0 Å². The summed E-state index contributed by atoms with van der Waals surface area (Å²) in [5.74, 6) is 6.30. The molecule has 0 saturated carbocycles. The van der Waals surface area contributed by atoms with Crippen molar-refractivity contribution in [1.82, 2.24) is 4.98 Å². The Kier molecular flexibility index (Phi) is 4.58. The maximum Gasteiger partial charge on any atom is 0.221 e. The Labute approximate surface area is 141 Å². The van der Waals surface area contributed by atoms with Crippen molar-refractivity contribution in [2.24, 2.45) is 0 Å². The molecule has 0 spiro atoms. The van der Waals surface area contributed by atoms with Gasteiger partial charge in [-0.25, -0.2) is 0 Å². The van der Waals surface area contributed by atoms with E-state index >= 15 is 0 Å². The summed E-state index contributed by atoms with van der Waals surface area (Å²) in [4.78, 5) is 15.7. The second kappa shape index (κ2) is 6.97. The van der Waals surface area contributed by atoms with Crippen LogP contribution in [0.25, 0.3) is 10.9 Å². The third kappa shape index (κ3) is 3.44. The first kappa shape index (κ1) is 15.8. The quantitative estimate of drug-likeness (QED) is 0.722. The van der Waals surface area contributed by atoms with Crippen molar-refractivity contribution in [3.8, 4) is 11.8 Å². The fraction of sp³-hybridized carbons (Fsp3) is 0.143. The number of aryl methyl sites for hydroxylation is 1. The Bertz CT molecular complexity index is 947. The van der Waals surface area contributed by atoms with Crippen molar-refractivity contribution >= 4 is 22.5 Å². The van der Waals surface area contributed by atoms with Gasteiger partial charge >= 0.3 is 0 Å². The van der Waals surface area contributed by atoms with Gasteiger partial charge in [0.1, 0.15) is 0 Å². The predicted molar refractivity (Wildman–Crippen MR) is 97.8 cm³/mol. The lowest BCUT2D eigenvalue weighted by Crippen LogP contribution is -2.06. The molecule has 1 aromatic heterocycles. The third-order valence-corrected chi connectivity index (χ3v) is 3.78. The van der Waals surface area contributed by atoms with Gasteiger partial charge in [-0.15, -0.1) is 0 Å². The van der Waals surface area contributed by atoms with Gasteiger partial charge in [0.05, 0.1) is 11.2 Å². The molecule has 0 radical (unpaired) electrons. The minimum absolute atomic E-state index is 0.114. The molecular formula is C21H18N2O. The molecule has 1 amide bonds. The van der Waals surface area contributed by atoms with Gasteiger partial charge in [-0.3, -0.25) is 9.78 Å². The number of hydrogen-bond donors (Lipinski definition) is 1. The summed E-state index contributed by atoms with van der Waals surface area (Å²) in [6.07, 6.45) is 2.74. The summed E-state index contributed by atoms with van der Waals surface area (Å²) in [6, 6.07) is 15.9. The van der Waals surface area contributed by atoms with Crippen LogP contribution >= 0.6 is 0 Å². The second-order valence-electron chi connectivity index (χ2n) is 5.54. The highest BCUT2D eigenvalue weighted by Gasteiger charge is 2.06. The molecular weight excluding hydrogens is 296 g/mol. The van der Waals surface area contributed by atoms with Gasteiger partial charge in [0.2, 0.25) is 5.91 Å². The first-order valence-corrected chi connectivity index (χ1v) is 7.93. The average Bonchev–Trinajstić information content (AvgIpc) is 2.61. The van der Waals surface area contributed by atoms with Crippen LogP contribution in [-0.4, -0.2) is 10.9 Å². The minimum atomic E-state index is -0.114. The van der Waals surface area contributed by atoms with Crippen molar-refractivity contribution in [3.05, 3.63) is 71.4 Å². The Balaban J connectivity index is 2.01. The first-order chi connectivity index (χ1) is 11.7. The Morgan fingerprint density at radius 1 is 1.08 bits per heavy atom. The number of nitrogens with one attached hydrogen (secondary N) is 1. The second-order valence-corrected chi connectivity index (χ2v) is 5.54. The number of anilines is 1. The van der Waals surface area contributed by atoms with E-state index in [1.54, 1.807) is 6.20 Å². The molecule has 0 aliphatic rings. The van der Waals surface area contributed by atoms with E-state index in [2.05, 4.69) is 41.2 Å². The summed E-state index contributed by atoms with van der Waals surface area (Å²) in [6.45, 7) is 3.62. The van der Waals surface area contributed by atoms with Crippen LogP contribution in [0.1, 0.15) is 30.5 Å². The lowest BCUT2D eigenvalue weighted by molar-refractivity contribution is -0.114. The molecule has 118 valence electrons. The molecule has 0 fully saturated rings. The molecule has 3 heteroatoms. The number of rotatable bonds is 2. The van der Waals surface area contributed by atoms with Crippen molar-refractivity contribution in [2.45, 2.75) is 20.3 Å². The first-order valence-electron chi connectivity index (χ1n) is 7.93. The van der Waals surface area contributed by atoms with Crippen LogP contribution in [0.2, 0.25) is 0 Å². The number of benzene rings is 2. The van der Waals surface area contributed by atoms with E-state index in [0.717, 1.165) is 28.5 Å². The molecule has 0 unspecified atom stereocenters. The molecule has 0 bridgehead atoms. The van der Waals surface area contributed by atoms with E-state index in [-0.39, 0.29) is 5.91 Å². The molecule has 1 N–H and O–H groups in total. The lowest BCUT2D eigenvalue weighted by Gasteiger charge is -2.07. The predicted octanol–water partition coefficient (Wildman–Crippen LogP) is 4.16. The summed E-state index contributed by atoms with van der Waals surface area (Å²) < 4.78 is 0.